The second-order valence-electron chi connectivity index (χ2n) is 3.28. The topological polar surface area (TPSA) is 49.3 Å². The van der Waals surface area contributed by atoms with Crippen molar-refractivity contribution in [2.24, 2.45) is 0 Å². The van der Waals surface area contributed by atoms with E-state index in [4.69, 9.17) is 0 Å². The van der Waals surface area contributed by atoms with E-state index in [0.717, 1.165) is 5.56 Å². The molecule has 0 aliphatic heterocycles. The van der Waals surface area contributed by atoms with E-state index in [1.165, 1.54) is 0 Å². The van der Waals surface area contributed by atoms with Crippen molar-refractivity contribution in [2.45, 2.75) is 25.6 Å². The van der Waals surface area contributed by atoms with Crippen molar-refractivity contribution >= 4 is 6.29 Å². The molecular formula is C11H15NO2. The minimum Gasteiger partial charge on any atom is -0.384 e. The Kier molecular flexibility index (Phi) is 4.29. The second kappa shape index (κ2) is 5.52. The van der Waals surface area contributed by atoms with Crippen LogP contribution in [0.4, 0.5) is 0 Å². The van der Waals surface area contributed by atoms with Gasteiger partial charge >= 0.3 is 0 Å². The number of rotatable bonds is 5. The summed E-state index contributed by atoms with van der Waals surface area (Å²) in [7, 11) is 0. The minimum atomic E-state index is -0.932. The number of hydrogen-bond donors (Lipinski definition) is 2. The summed E-state index contributed by atoms with van der Waals surface area (Å²) >= 11 is 0. The number of aliphatic hydroxyl groups is 1. The van der Waals surface area contributed by atoms with Gasteiger partial charge in [-0.15, -0.1) is 0 Å². The van der Waals surface area contributed by atoms with Gasteiger partial charge in [0.15, 0.2) is 0 Å². The molecule has 0 saturated carbocycles. The molecule has 0 aliphatic carbocycles. The minimum absolute atomic E-state index is 0.215. The number of benzene rings is 1. The molecule has 1 aromatic carbocycles. The molecule has 1 rings (SSSR count). The predicted molar refractivity (Wildman–Crippen MR) is 54.8 cm³/mol. The van der Waals surface area contributed by atoms with Crippen molar-refractivity contribution in [1.29, 1.82) is 0 Å². The zero-order chi connectivity index (χ0) is 10.4. The van der Waals surface area contributed by atoms with Crippen molar-refractivity contribution < 1.29 is 9.90 Å². The molecule has 0 aromatic heterocycles. The quantitative estimate of drug-likeness (QED) is 0.678. The maximum absolute atomic E-state index is 10.3. The number of nitrogens with one attached hydrogen (secondary N) is 1. The number of aldehydes is 1. The molecule has 2 unspecified atom stereocenters. The number of aliphatic hydroxyl groups excluding tert-OH is 1. The molecule has 14 heavy (non-hydrogen) atoms. The second-order valence-corrected chi connectivity index (χ2v) is 3.28. The van der Waals surface area contributed by atoms with Gasteiger partial charge in [-0.2, -0.15) is 0 Å². The molecule has 0 bridgehead atoms. The van der Waals surface area contributed by atoms with Gasteiger partial charge in [-0.05, 0) is 12.5 Å². The van der Waals surface area contributed by atoms with E-state index in [0.29, 0.717) is 12.8 Å². The molecule has 0 heterocycles. The van der Waals surface area contributed by atoms with E-state index in [9.17, 15) is 9.90 Å². The van der Waals surface area contributed by atoms with Crippen LogP contribution in [0.25, 0.3) is 0 Å². The van der Waals surface area contributed by atoms with Gasteiger partial charge in [-0.3, -0.25) is 0 Å². The molecule has 0 spiro atoms. The van der Waals surface area contributed by atoms with Crippen LogP contribution in [-0.2, 0) is 11.3 Å². The van der Waals surface area contributed by atoms with E-state index in [1.807, 2.05) is 30.3 Å². The Hall–Kier alpha value is -1.19. The van der Waals surface area contributed by atoms with Gasteiger partial charge in [0.2, 0.25) is 0 Å². The fourth-order valence-corrected chi connectivity index (χ4v) is 1.11. The first-order valence-electron chi connectivity index (χ1n) is 4.64. The Morgan fingerprint density at radius 3 is 2.64 bits per heavy atom. The Morgan fingerprint density at radius 2 is 2.07 bits per heavy atom. The van der Waals surface area contributed by atoms with Crippen molar-refractivity contribution in [3.05, 3.63) is 35.9 Å². The van der Waals surface area contributed by atoms with Crippen LogP contribution in [0.5, 0.6) is 0 Å². The summed E-state index contributed by atoms with van der Waals surface area (Å²) in [5, 5.41) is 12.2. The fraction of sp³-hybridized carbons (Fsp3) is 0.364. The molecule has 0 aliphatic rings. The number of hydrogen-bond acceptors (Lipinski definition) is 3. The number of carbonyl (C=O) groups excluding carboxylic acids is 1. The third-order valence-electron chi connectivity index (χ3n) is 2.12. The summed E-state index contributed by atoms with van der Waals surface area (Å²) in [5.41, 5.74) is 1.14. The van der Waals surface area contributed by atoms with Crippen LogP contribution in [-0.4, -0.2) is 23.5 Å². The lowest BCUT2D eigenvalue weighted by molar-refractivity contribution is -0.115. The van der Waals surface area contributed by atoms with E-state index < -0.39 is 6.10 Å². The van der Waals surface area contributed by atoms with Gasteiger partial charge in [0, 0.05) is 12.6 Å². The molecule has 3 nitrogen and oxygen atoms in total. The Morgan fingerprint density at radius 1 is 1.43 bits per heavy atom. The van der Waals surface area contributed by atoms with Crippen molar-refractivity contribution in [1.82, 2.24) is 5.32 Å². The summed E-state index contributed by atoms with van der Waals surface area (Å²) in [5.74, 6) is 0. The molecule has 0 radical (unpaired) electrons. The maximum Gasteiger partial charge on any atom is 0.150 e. The van der Waals surface area contributed by atoms with Crippen LogP contribution in [0.15, 0.2) is 30.3 Å². The van der Waals surface area contributed by atoms with E-state index in [2.05, 4.69) is 5.32 Å². The smallest absolute Gasteiger partial charge is 0.150 e. The largest absolute Gasteiger partial charge is 0.384 e. The van der Waals surface area contributed by atoms with Gasteiger partial charge in [0.25, 0.3) is 0 Å². The SMILES string of the molecule is CC(NCc1ccccc1)C(O)C=O. The Balaban J connectivity index is 2.37. The van der Waals surface area contributed by atoms with Crippen LogP contribution in [0.1, 0.15) is 12.5 Å². The monoisotopic (exact) mass is 193 g/mol. The van der Waals surface area contributed by atoms with Gasteiger partial charge < -0.3 is 15.2 Å². The molecule has 3 heteroatoms. The first-order chi connectivity index (χ1) is 6.74. The van der Waals surface area contributed by atoms with Crippen LogP contribution in [0, 0.1) is 0 Å². The third-order valence-corrected chi connectivity index (χ3v) is 2.12. The first-order valence-corrected chi connectivity index (χ1v) is 4.64. The molecule has 1 aromatic rings. The number of carbonyl (C=O) groups is 1. The highest BCUT2D eigenvalue weighted by Crippen LogP contribution is 1.99. The average Bonchev–Trinajstić information content (AvgIpc) is 2.26. The summed E-state index contributed by atoms with van der Waals surface area (Å²) in [4.78, 5) is 10.3. The highest BCUT2D eigenvalue weighted by atomic mass is 16.3. The van der Waals surface area contributed by atoms with Crippen LogP contribution in [0.3, 0.4) is 0 Å². The molecule has 0 saturated heterocycles. The Labute approximate surface area is 83.8 Å². The van der Waals surface area contributed by atoms with Gasteiger partial charge in [-0.25, -0.2) is 0 Å². The van der Waals surface area contributed by atoms with Gasteiger partial charge in [-0.1, -0.05) is 30.3 Å². The molecule has 0 fully saturated rings. The van der Waals surface area contributed by atoms with Gasteiger partial charge in [0.05, 0.1) is 0 Å². The molecular weight excluding hydrogens is 178 g/mol. The lowest BCUT2D eigenvalue weighted by atomic mass is 10.2. The van der Waals surface area contributed by atoms with Crippen molar-refractivity contribution in [2.75, 3.05) is 0 Å². The van der Waals surface area contributed by atoms with Gasteiger partial charge in [0.1, 0.15) is 12.4 Å². The molecule has 0 amide bonds. The summed E-state index contributed by atoms with van der Waals surface area (Å²) < 4.78 is 0. The summed E-state index contributed by atoms with van der Waals surface area (Å²) in [6, 6.07) is 9.63. The van der Waals surface area contributed by atoms with E-state index in [-0.39, 0.29) is 6.04 Å². The van der Waals surface area contributed by atoms with Crippen molar-refractivity contribution in [3.63, 3.8) is 0 Å². The van der Waals surface area contributed by atoms with Crippen LogP contribution < -0.4 is 5.32 Å². The average molecular weight is 193 g/mol. The fourth-order valence-electron chi connectivity index (χ4n) is 1.11. The van der Waals surface area contributed by atoms with E-state index >= 15 is 0 Å². The van der Waals surface area contributed by atoms with E-state index in [1.54, 1.807) is 6.92 Å². The zero-order valence-corrected chi connectivity index (χ0v) is 8.18. The lowest BCUT2D eigenvalue weighted by Crippen LogP contribution is -2.37. The van der Waals surface area contributed by atoms with Crippen LogP contribution in [0.2, 0.25) is 0 Å². The zero-order valence-electron chi connectivity index (χ0n) is 8.18. The Bertz CT molecular complexity index is 274. The van der Waals surface area contributed by atoms with Crippen LogP contribution >= 0.6 is 0 Å². The molecule has 2 atom stereocenters. The summed E-state index contributed by atoms with van der Waals surface area (Å²) in [6.07, 6.45) is -0.387. The normalized spacial score (nSPS) is 14.7. The molecule has 2 N–H and O–H groups in total. The van der Waals surface area contributed by atoms with Crippen molar-refractivity contribution in [3.8, 4) is 0 Å². The highest BCUT2D eigenvalue weighted by molar-refractivity contribution is 5.56. The highest BCUT2D eigenvalue weighted by Gasteiger charge is 2.11. The third kappa shape index (κ3) is 3.28. The lowest BCUT2D eigenvalue weighted by Gasteiger charge is -2.15. The standard InChI is InChI=1S/C11H15NO2/c1-9(11(14)8-13)12-7-10-5-3-2-4-6-10/h2-6,8-9,11-12,14H,7H2,1H3. The maximum atomic E-state index is 10.3. The first kappa shape index (κ1) is 10.9. The predicted octanol–water partition coefficient (Wildman–Crippen LogP) is 0.724. The summed E-state index contributed by atoms with van der Waals surface area (Å²) in [6.45, 7) is 2.44. The molecule has 76 valence electrons.